The van der Waals surface area contributed by atoms with Gasteiger partial charge in [0.15, 0.2) is 5.13 Å². The second kappa shape index (κ2) is 7.25. The first-order valence-electron chi connectivity index (χ1n) is 9.74. The Bertz CT molecular complexity index is 995. The normalized spacial score (nSPS) is 23.4. The predicted molar refractivity (Wildman–Crippen MR) is 118 cm³/mol. The molecule has 3 heterocycles. The molecule has 152 valence electrons. The number of thiazole rings is 1. The van der Waals surface area contributed by atoms with Crippen molar-refractivity contribution in [1.82, 2.24) is 9.88 Å². The van der Waals surface area contributed by atoms with Gasteiger partial charge in [-0.1, -0.05) is 45.3 Å². The number of aromatic nitrogens is 1. The summed E-state index contributed by atoms with van der Waals surface area (Å²) in [6.07, 6.45) is 5.56. The van der Waals surface area contributed by atoms with Crippen molar-refractivity contribution < 1.29 is 9.59 Å². The van der Waals surface area contributed by atoms with Crippen LogP contribution in [0.5, 0.6) is 0 Å². The molecule has 1 unspecified atom stereocenters. The fourth-order valence-electron chi connectivity index (χ4n) is 4.62. The zero-order valence-corrected chi connectivity index (χ0v) is 18.8. The summed E-state index contributed by atoms with van der Waals surface area (Å²) in [6, 6.07) is 5.80. The van der Waals surface area contributed by atoms with Gasteiger partial charge in [-0.3, -0.25) is 15.0 Å². The van der Waals surface area contributed by atoms with Gasteiger partial charge in [-0.2, -0.15) is 0 Å². The summed E-state index contributed by atoms with van der Waals surface area (Å²) in [6.45, 7) is 1.97. The number of fused-ring (bicyclic) bond motifs is 2. The standard InChI is InChI=1S/C20H20BrClN4O2S/c21-13-4-5-15-14(8-13)20(6-7-25(10-20)17(27)12-2-1-3-12)11-26(15)19(28)24-18-23-9-16(22)29-18/h4-5,8-9,12H,1-3,6-7,10-11H2,(H,23,24,28). The van der Waals surface area contributed by atoms with Crippen molar-refractivity contribution in [2.75, 3.05) is 29.9 Å². The lowest BCUT2D eigenvalue weighted by Gasteiger charge is -2.31. The molecule has 1 aromatic carbocycles. The van der Waals surface area contributed by atoms with Crippen LogP contribution in [0.15, 0.2) is 28.9 Å². The second-order valence-corrected chi connectivity index (χ2v) is 10.6. The van der Waals surface area contributed by atoms with Crippen LogP contribution in [-0.2, 0) is 10.2 Å². The fraction of sp³-hybridized carbons (Fsp3) is 0.450. The molecule has 1 aromatic heterocycles. The maximum Gasteiger partial charge on any atom is 0.328 e. The van der Waals surface area contributed by atoms with E-state index >= 15 is 0 Å². The highest BCUT2D eigenvalue weighted by Gasteiger charge is 2.50. The summed E-state index contributed by atoms with van der Waals surface area (Å²) in [4.78, 5) is 33.8. The number of nitrogens with one attached hydrogen (secondary N) is 1. The maximum atomic E-state index is 13.0. The highest BCUT2D eigenvalue weighted by atomic mass is 79.9. The van der Waals surface area contributed by atoms with E-state index in [4.69, 9.17) is 11.6 Å². The van der Waals surface area contributed by atoms with Gasteiger partial charge in [-0.25, -0.2) is 9.78 Å². The topological polar surface area (TPSA) is 65.5 Å². The molecular formula is C20H20BrClN4O2S. The Balaban J connectivity index is 1.42. The molecule has 1 spiro atoms. The summed E-state index contributed by atoms with van der Waals surface area (Å²) in [7, 11) is 0. The van der Waals surface area contributed by atoms with Gasteiger partial charge < -0.3 is 4.90 Å². The smallest absolute Gasteiger partial charge is 0.328 e. The first kappa shape index (κ1) is 19.3. The summed E-state index contributed by atoms with van der Waals surface area (Å²) in [5, 5.41) is 3.33. The second-order valence-electron chi connectivity index (χ2n) is 8.07. The van der Waals surface area contributed by atoms with Gasteiger partial charge in [0.2, 0.25) is 5.91 Å². The molecule has 6 nitrogen and oxygen atoms in total. The van der Waals surface area contributed by atoms with Crippen molar-refractivity contribution in [3.05, 3.63) is 38.8 Å². The SMILES string of the molecule is O=C(C1CCC1)N1CCC2(C1)CN(C(=O)Nc1ncc(Cl)s1)c1ccc(Br)cc12. The van der Waals surface area contributed by atoms with E-state index in [1.165, 1.54) is 17.5 Å². The third-order valence-corrected chi connectivity index (χ3v) is 7.86. The molecule has 2 aliphatic heterocycles. The lowest BCUT2D eigenvalue weighted by molar-refractivity contribution is -0.137. The minimum atomic E-state index is -0.226. The van der Waals surface area contributed by atoms with Crippen LogP contribution in [0, 0.1) is 5.92 Å². The minimum absolute atomic E-state index is 0.197. The van der Waals surface area contributed by atoms with E-state index in [2.05, 4.69) is 32.3 Å². The van der Waals surface area contributed by atoms with Gasteiger partial charge in [0.25, 0.3) is 0 Å². The molecule has 0 bridgehead atoms. The van der Waals surface area contributed by atoms with E-state index in [9.17, 15) is 9.59 Å². The van der Waals surface area contributed by atoms with Crippen LogP contribution in [-0.4, -0.2) is 41.5 Å². The number of hydrogen-bond donors (Lipinski definition) is 1. The van der Waals surface area contributed by atoms with Crippen LogP contribution in [0.1, 0.15) is 31.2 Å². The molecule has 1 saturated carbocycles. The molecule has 9 heteroatoms. The van der Waals surface area contributed by atoms with Gasteiger partial charge in [0, 0.05) is 41.1 Å². The summed E-state index contributed by atoms with van der Waals surface area (Å²) in [5.74, 6) is 0.479. The van der Waals surface area contributed by atoms with Gasteiger partial charge >= 0.3 is 6.03 Å². The van der Waals surface area contributed by atoms with E-state index in [1.54, 1.807) is 4.90 Å². The quantitative estimate of drug-likeness (QED) is 0.646. The fourth-order valence-corrected chi connectivity index (χ4v) is 5.78. The minimum Gasteiger partial charge on any atom is -0.341 e. The highest BCUT2D eigenvalue weighted by Crippen LogP contribution is 2.48. The first-order valence-corrected chi connectivity index (χ1v) is 11.7. The number of benzene rings is 1. The molecule has 2 aromatic rings. The molecule has 3 amide bonds. The number of carbonyl (C=O) groups excluding carboxylic acids is 2. The third kappa shape index (κ3) is 3.35. The lowest BCUT2D eigenvalue weighted by Crippen LogP contribution is -2.43. The monoisotopic (exact) mass is 494 g/mol. The van der Waals surface area contributed by atoms with E-state index < -0.39 is 0 Å². The van der Waals surface area contributed by atoms with Gasteiger partial charge in [0.1, 0.15) is 4.34 Å². The Morgan fingerprint density at radius 1 is 1.31 bits per heavy atom. The zero-order valence-electron chi connectivity index (χ0n) is 15.7. The Morgan fingerprint density at radius 3 is 2.83 bits per heavy atom. The molecule has 1 atom stereocenters. The molecule has 1 saturated heterocycles. The average molecular weight is 496 g/mol. The van der Waals surface area contributed by atoms with Gasteiger partial charge in [-0.05, 0) is 43.0 Å². The number of halogens is 2. The average Bonchev–Trinajstić information content (AvgIpc) is 3.33. The molecule has 29 heavy (non-hydrogen) atoms. The Labute approximate surface area is 186 Å². The van der Waals surface area contributed by atoms with E-state index in [0.717, 1.165) is 48.0 Å². The molecule has 2 fully saturated rings. The number of urea groups is 1. The highest BCUT2D eigenvalue weighted by molar-refractivity contribution is 9.10. The Hall–Kier alpha value is -1.64. The van der Waals surface area contributed by atoms with Crippen LogP contribution in [0.4, 0.5) is 15.6 Å². The molecule has 1 N–H and O–H groups in total. The van der Waals surface area contributed by atoms with Crippen molar-refractivity contribution in [3.63, 3.8) is 0 Å². The zero-order chi connectivity index (χ0) is 20.2. The number of likely N-dealkylation sites (tertiary alicyclic amines) is 1. The molecule has 0 radical (unpaired) electrons. The van der Waals surface area contributed by atoms with Crippen LogP contribution >= 0.6 is 38.9 Å². The van der Waals surface area contributed by atoms with Crippen molar-refractivity contribution >= 4 is 61.6 Å². The van der Waals surface area contributed by atoms with Crippen LogP contribution < -0.4 is 10.2 Å². The number of rotatable bonds is 2. The molecule has 5 rings (SSSR count). The lowest BCUT2D eigenvalue weighted by atomic mass is 9.81. The van der Waals surface area contributed by atoms with Crippen molar-refractivity contribution in [2.45, 2.75) is 31.1 Å². The van der Waals surface area contributed by atoms with E-state index in [-0.39, 0.29) is 23.3 Å². The van der Waals surface area contributed by atoms with Crippen LogP contribution in [0.3, 0.4) is 0 Å². The van der Waals surface area contributed by atoms with Crippen molar-refractivity contribution in [3.8, 4) is 0 Å². The van der Waals surface area contributed by atoms with Crippen LogP contribution in [0.25, 0.3) is 0 Å². The first-order chi connectivity index (χ1) is 13.9. The van der Waals surface area contributed by atoms with Gasteiger partial charge in [0.05, 0.1) is 6.20 Å². The summed E-state index contributed by atoms with van der Waals surface area (Å²) < 4.78 is 1.51. The Morgan fingerprint density at radius 2 is 2.14 bits per heavy atom. The number of anilines is 2. The van der Waals surface area contributed by atoms with Crippen molar-refractivity contribution in [1.29, 1.82) is 0 Å². The predicted octanol–water partition coefficient (Wildman–Crippen LogP) is 4.88. The number of hydrogen-bond acceptors (Lipinski definition) is 4. The maximum absolute atomic E-state index is 13.0. The van der Waals surface area contributed by atoms with Crippen molar-refractivity contribution in [2.24, 2.45) is 5.92 Å². The van der Waals surface area contributed by atoms with E-state index in [1.807, 2.05) is 17.0 Å². The summed E-state index contributed by atoms with van der Waals surface area (Å²) in [5.41, 5.74) is 1.80. The summed E-state index contributed by atoms with van der Waals surface area (Å²) >= 11 is 10.7. The molecule has 1 aliphatic carbocycles. The number of amides is 3. The molecule has 3 aliphatic rings. The van der Waals surface area contributed by atoms with E-state index in [0.29, 0.717) is 22.6 Å². The largest absolute Gasteiger partial charge is 0.341 e. The Kier molecular flexibility index (Phi) is 4.83. The third-order valence-electron chi connectivity index (χ3n) is 6.34. The number of nitrogens with zero attached hydrogens (tertiary/aromatic N) is 3. The molecular weight excluding hydrogens is 476 g/mol. The van der Waals surface area contributed by atoms with Gasteiger partial charge in [-0.15, -0.1) is 0 Å². The van der Waals surface area contributed by atoms with Crippen LogP contribution in [0.2, 0.25) is 4.34 Å². The number of carbonyl (C=O) groups is 2.